The summed E-state index contributed by atoms with van der Waals surface area (Å²) in [6.45, 7) is 1.84. The highest BCUT2D eigenvalue weighted by molar-refractivity contribution is 7.07. The molecular formula is C32H25N3O7S. The number of fused-ring (bicyclic) bond motifs is 2. The molecule has 1 aromatic heterocycles. The summed E-state index contributed by atoms with van der Waals surface area (Å²) in [5.41, 5.74) is 2.38. The van der Waals surface area contributed by atoms with Crippen LogP contribution in [0, 0.1) is 11.3 Å². The van der Waals surface area contributed by atoms with Crippen molar-refractivity contribution < 1.29 is 28.5 Å². The van der Waals surface area contributed by atoms with Crippen molar-refractivity contribution in [1.82, 2.24) is 4.57 Å². The molecule has 3 aromatic carbocycles. The molecular weight excluding hydrogens is 570 g/mol. The molecule has 0 unspecified atom stereocenters. The maximum absolute atomic E-state index is 14.1. The van der Waals surface area contributed by atoms with Crippen LogP contribution in [0.5, 0.6) is 23.0 Å². The molecule has 0 fully saturated rings. The molecule has 0 N–H and O–H groups in total. The van der Waals surface area contributed by atoms with Gasteiger partial charge in [0.25, 0.3) is 5.56 Å². The maximum Gasteiger partial charge on any atom is 0.338 e. The largest absolute Gasteiger partial charge is 0.493 e. The van der Waals surface area contributed by atoms with Gasteiger partial charge < -0.3 is 23.7 Å². The van der Waals surface area contributed by atoms with Crippen molar-refractivity contribution in [1.29, 1.82) is 5.26 Å². The molecule has 11 heteroatoms. The molecule has 216 valence electrons. The second kappa shape index (κ2) is 11.9. The minimum Gasteiger partial charge on any atom is -0.493 e. The van der Waals surface area contributed by atoms with Crippen LogP contribution >= 0.6 is 11.3 Å². The molecule has 2 aliphatic rings. The summed E-state index contributed by atoms with van der Waals surface area (Å²) in [7, 11) is 1.50. The van der Waals surface area contributed by atoms with Crippen LogP contribution in [0.4, 0.5) is 0 Å². The van der Waals surface area contributed by atoms with E-state index in [2.05, 4.69) is 0 Å². The van der Waals surface area contributed by atoms with Crippen molar-refractivity contribution in [2.75, 3.05) is 27.1 Å². The van der Waals surface area contributed by atoms with Gasteiger partial charge >= 0.3 is 5.97 Å². The Morgan fingerprint density at radius 2 is 1.93 bits per heavy atom. The average Bonchev–Trinajstić information content (AvgIpc) is 3.63. The van der Waals surface area contributed by atoms with E-state index in [9.17, 15) is 9.59 Å². The van der Waals surface area contributed by atoms with Crippen LogP contribution in [0.25, 0.3) is 11.8 Å². The topological polar surface area (TPSA) is 121 Å². The van der Waals surface area contributed by atoms with Gasteiger partial charge in [-0.25, -0.2) is 9.79 Å². The quantitative estimate of drug-likeness (QED) is 0.284. The highest BCUT2D eigenvalue weighted by Gasteiger charge is 2.36. The molecule has 0 saturated carbocycles. The van der Waals surface area contributed by atoms with Gasteiger partial charge in [0, 0.05) is 5.56 Å². The fourth-order valence-electron chi connectivity index (χ4n) is 4.99. The minimum absolute atomic E-state index is 0.0845. The maximum atomic E-state index is 14.1. The number of hydrogen-bond acceptors (Lipinski definition) is 10. The first kappa shape index (κ1) is 27.8. The number of esters is 1. The predicted molar refractivity (Wildman–Crippen MR) is 158 cm³/mol. The lowest BCUT2D eigenvalue weighted by Crippen LogP contribution is -2.40. The van der Waals surface area contributed by atoms with E-state index >= 15 is 0 Å². The number of methoxy groups -OCH3 is 1. The second-order valence-electron chi connectivity index (χ2n) is 9.40. The van der Waals surface area contributed by atoms with Crippen molar-refractivity contribution in [3.05, 3.63) is 109 Å². The average molecular weight is 596 g/mol. The van der Waals surface area contributed by atoms with Crippen LogP contribution in [0.2, 0.25) is 0 Å². The van der Waals surface area contributed by atoms with Gasteiger partial charge in [-0.1, -0.05) is 53.8 Å². The number of nitriles is 1. The number of aromatic nitrogens is 1. The zero-order chi connectivity index (χ0) is 29.9. The van der Waals surface area contributed by atoms with Gasteiger partial charge in [0.05, 0.1) is 35.6 Å². The number of carbonyl (C=O) groups excluding carboxylic acids is 1. The summed E-state index contributed by atoms with van der Waals surface area (Å²) in [6, 6.07) is 21.0. The summed E-state index contributed by atoms with van der Waals surface area (Å²) in [4.78, 5) is 33.0. The van der Waals surface area contributed by atoms with Crippen LogP contribution in [-0.2, 0) is 9.53 Å². The number of rotatable bonds is 8. The SMILES string of the molecule is CCOC(=O)C1=C(c2ccccc2)N=c2s/c(=C\c3ccc(OCC#N)c(OC)c3)c(=O)n2[C@@H]1c1ccc2c(c1)OCO2. The van der Waals surface area contributed by atoms with Crippen molar-refractivity contribution in [2.24, 2.45) is 4.99 Å². The monoisotopic (exact) mass is 595 g/mol. The van der Waals surface area contributed by atoms with Gasteiger partial charge in [-0.2, -0.15) is 5.26 Å². The molecule has 43 heavy (non-hydrogen) atoms. The molecule has 0 amide bonds. The summed E-state index contributed by atoms with van der Waals surface area (Å²) in [6.07, 6.45) is 1.73. The number of carbonyl (C=O) groups is 1. The standard InChI is InChI=1S/C32H25N3O7S/c1-3-39-31(37)27-28(20-7-5-4-6-8-20)34-32-35(29(27)21-10-12-23-25(17-21)42-18-41-23)30(36)26(43-32)16-19-9-11-22(40-14-13-33)24(15-19)38-2/h4-12,15-17,29H,3,14,18H2,1-2H3/b26-16-/t29-/m1/s1. The normalized spacial score (nSPS) is 15.4. The van der Waals surface area contributed by atoms with E-state index in [1.807, 2.05) is 42.5 Å². The Kier molecular flexibility index (Phi) is 7.68. The first-order valence-corrected chi connectivity index (χ1v) is 14.2. The molecule has 0 aliphatic carbocycles. The zero-order valence-corrected chi connectivity index (χ0v) is 24.1. The lowest BCUT2D eigenvalue weighted by molar-refractivity contribution is -0.138. The molecule has 6 rings (SSSR count). The first-order chi connectivity index (χ1) is 21.0. The Labute approximate surface area is 249 Å². The second-order valence-corrected chi connectivity index (χ2v) is 10.4. The zero-order valence-electron chi connectivity index (χ0n) is 23.2. The van der Waals surface area contributed by atoms with E-state index < -0.39 is 12.0 Å². The van der Waals surface area contributed by atoms with Gasteiger partial charge in [0.1, 0.15) is 6.07 Å². The van der Waals surface area contributed by atoms with E-state index in [1.54, 1.807) is 43.3 Å². The Bertz CT molecular complexity index is 1970. The number of nitrogens with zero attached hydrogens (tertiary/aromatic N) is 3. The Hall–Kier alpha value is -5.34. The van der Waals surface area contributed by atoms with Gasteiger partial charge in [0.2, 0.25) is 6.79 Å². The predicted octanol–water partition coefficient (Wildman–Crippen LogP) is 3.58. The third kappa shape index (κ3) is 5.24. The van der Waals surface area contributed by atoms with Crippen molar-refractivity contribution >= 4 is 29.1 Å². The van der Waals surface area contributed by atoms with Gasteiger partial charge in [-0.3, -0.25) is 9.36 Å². The van der Waals surface area contributed by atoms with E-state index in [1.165, 1.54) is 23.0 Å². The minimum atomic E-state index is -0.849. The molecule has 1 atom stereocenters. The van der Waals surface area contributed by atoms with Crippen LogP contribution in [0.15, 0.2) is 82.1 Å². The fraction of sp³-hybridized carbons (Fsp3) is 0.188. The smallest absolute Gasteiger partial charge is 0.338 e. The third-order valence-corrected chi connectivity index (χ3v) is 7.85. The Balaban J connectivity index is 1.58. The Morgan fingerprint density at radius 3 is 2.70 bits per heavy atom. The summed E-state index contributed by atoms with van der Waals surface area (Å²) in [5.74, 6) is 1.37. The molecule has 10 nitrogen and oxygen atoms in total. The van der Waals surface area contributed by atoms with Crippen LogP contribution in [0.1, 0.15) is 29.7 Å². The van der Waals surface area contributed by atoms with E-state index in [0.717, 1.165) is 0 Å². The van der Waals surface area contributed by atoms with Crippen LogP contribution < -0.4 is 33.8 Å². The summed E-state index contributed by atoms with van der Waals surface area (Å²) in [5, 5.41) is 8.86. The molecule has 3 heterocycles. The van der Waals surface area contributed by atoms with Crippen molar-refractivity contribution in [3.8, 4) is 29.1 Å². The van der Waals surface area contributed by atoms with Crippen molar-refractivity contribution in [3.63, 3.8) is 0 Å². The number of benzene rings is 3. The van der Waals surface area contributed by atoms with E-state index in [-0.39, 0.29) is 31.1 Å². The molecule has 0 bridgehead atoms. The van der Waals surface area contributed by atoms with Gasteiger partial charge in [-0.05, 0) is 48.4 Å². The summed E-state index contributed by atoms with van der Waals surface area (Å²) < 4.78 is 29.4. The van der Waals surface area contributed by atoms with Crippen LogP contribution in [0.3, 0.4) is 0 Å². The highest BCUT2D eigenvalue weighted by atomic mass is 32.1. The molecule has 0 saturated heterocycles. The van der Waals surface area contributed by atoms with Crippen LogP contribution in [-0.4, -0.2) is 37.7 Å². The fourth-order valence-corrected chi connectivity index (χ4v) is 5.99. The lowest BCUT2D eigenvalue weighted by Gasteiger charge is -2.26. The molecule has 4 aromatic rings. The first-order valence-electron chi connectivity index (χ1n) is 13.4. The lowest BCUT2D eigenvalue weighted by atomic mass is 9.93. The number of hydrogen-bond donors (Lipinski definition) is 0. The third-order valence-electron chi connectivity index (χ3n) is 6.86. The molecule has 0 spiro atoms. The Morgan fingerprint density at radius 1 is 1.12 bits per heavy atom. The number of thiazole rings is 1. The highest BCUT2D eigenvalue weighted by Crippen LogP contribution is 2.40. The van der Waals surface area contributed by atoms with Gasteiger partial charge in [-0.15, -0.1) is 0 Å². The van der Waals surface area contributed by atoms with Gasteiger partial charge in [0.15, 0.2) is 34.4 Å². The summed E-state index contributed by atoms with van der Waals surface area (Å²) >= 11 is 1.21. The molecule has 0 radical (unpaired) electrons. The van der Waals surface area contributed by atoms with E-state index in [0.29, 0.717) is 54.7 Å². The van der Waals surface area contributed by atoms with Crippen molar-refractivity contribution in [2.45, 2.75) is 13.0 Å². The molecule has 2 aliphatic heterocycles. The van der Waals surface area contributed by atoms with E-state index in [4.69, 9.17) is 33.9 Å². The number of ether oxygens (including phenoxy) is 5.